The molecule has 0 fully saturated rings. The summed E-state index contributed by atoms with van der Waals surface area (Å²) in [6.07, 6.45) is 1.56. The summed E-state index contributed by atoms with van der Waals surface area (Å²) < 4.78 is 26.8. The number of nitrogen functional groups attached to an aromatic ring is 1. The van der Waals surface area contributed by atoms with E-state index in [1.165, 1.54) is 12.1 Å². The van der Waals surface area contributed by atoms with E-state index in [1.54, 1.807) is 19.2 Å². The minimum Gasteiger partial charge on any atom is -0.398 e. The van der Waals surface area contributed by atoms with E-state index < -0.39 is 10.0 Å². The van der Waals surface area contributed by atoms with Crippen LogP contribution < -0.4 is 10.5 Å². The van der Waals surface area contributed by atoms with Gasteiger partial charge < -0.3 is 5.73 Å². The van der Waals surface area contributed by atoms with Crippen molar-refractivity contribution in [2.75, 3.05) is 5.73 Å². The van der Waals surface area contributed by atoms with Gasteiger partial charge in [-0.2, -0.15) is 5.10 Å². The van der Waals surface area contributed by atoms with E-state index in [0.717, 1.165) is 11.3 Å². The molecule has 19 heavy (non-hydrogen) atoms. The Morgan fingerprint density at radius 3 is 2.79 bits per heavy atom. The van der Waals surface area contributed by atoms with Gasteiger partial charge in [-0.05, 0) is 19.1 Å². The van der Waals surface area contributed by atoms with Crippen LogP contribution in [0.3, 0.4) is 0 Å². The molecule has 2 rings (SSSR count). The Morgan fingerprint density at radius 1 is 1.47 bits per heavy atom. The topological polar surface area (TPSA) is 101 Å². The van der Waals surface area contributed by atoms with Gasteiger partial charge >= 0.3 is 0 Å². The number of sulfonamides is 1. The first kappa shape index (κ1) is 13.9. The van der Waals surface area contributed by atoms with Crippen LogP contribution in [0.2, 0.25) is 5.02 Å². The zero-order valence-electron chi connectivity index (χ0n) is 10.1. The lowest BCUT2D eigenvalue weighted by atomic mass is 10.3. The second-order valence-corrected chi connectivity index (χ2v) is 6.11. The molecule has 1 aromatic carbocycles. The van der Waals surface area contributed by atoms with Crippen LogP contribution in [0.5, 0.6) is 0 Å². The molecule has 0 atom stereocenters. The number of anilines is 1. The minimum atomic E-state index is -3.76. The average Bonchev–Trinajstić information content (AvgIpc) is 2.72. The zero-order chi connectivity index (χ0) is 14.0. The van der Waals surface area contributed by atoms with Crippen LogP contribution in [0.25, 0.3) is 0 Å². The Labute approximate surface area is 116 Å². The number of aryl methyl sites for hydroxylation is 1. The van der Waals surface area contributed by atoms with Crippen LogP contribution in [0, 0.1) is 6.92 Å². The number of H-pyrrole nitrogens is 1. The third-order valence-electron chi connectivity index (χ3n) is 2.65. The highest BCUT2D eigenvalue weighted by Crippen LogP contribution is 2.26. The van der Waals surface area contributed by atoms with E-state index in [9.17, 15) is 8.42 Å². The average molecular weight is 301 g/mol. The molecule has 0 saturated heterocycles. The van der Waals surface area contributed by atoms with Crippen molar-refractivity contribution < 1.29 is 8.42 Å². The first-order valence-electron chi connectivity index (χ1n) is 5.44. The number of hydrogen-bond donors (Lipinski definition) is 3. The fraction of sp³-hybridized carbons (Fsp3) is 0.182. The Balaban J connectivity index is 2.26. The standard InChI is InChI=1S/C11H13ClN4O2S/c1-7-8(5-14-16-7)6-15-19(17,18)11-9(12)3-2-4-10(11)13/h2-5,15H,6,13H2,1H3,(H,14,16). The largest absolute Gasteiger partial charge is 0.398 e. The quantitative estimate of drug-likeness (QED) is 0.744. The van der Waals surface area contributed by atoms with Crippen molar-refractivity contribution in [1.29, 1.82) is 0 Å². The first-order valence-corrected chi connectivity index (χ1v) is 7.30. The predicted octanol–water partition coefficient (Wildman–Crippen LogP) is 1.43. The number of nitrogens with two attached hydrogens (primary N) is 1. The van der Waals surface area contributed by atoms with E-state index in [1.807, 2.05) is 0 Å². The van der Waals surface area contributed by atoms with E-state index in [0.29, 0.717) is 0 Å². The highest BCUT2D eigenvalue weighted by atomic mass is 35.5. The molecule has 0 radical (unpaired) electrons. The van der Waals surface area contributed by atoms with Gasteiger partial charge in [-0.15, -0.1) is 0 Å². The number of aromatic amines is 1. The summed E-state index contributed by atoms with van der Waals surface area (Å²) in [5.41, 5.74) is 7.34. The molecule has 0 aliphatic rings. The smallest absolute Gasteiger partial charge is 0.244 e. The highest BCUT2D eigenvalue weighted by molar-refractivity contribution is 7.89. The van der Waals surface area contributed by atoms with Crippen LogP contribution in [0.4, 0.5) is 5.69 Å². The van der Waals surface area contributed by atoms with Gasteiger partial charge in [0.15, 0.2) is 0 Å². The van der Waals surface area contributed by atoms with Crippen molar-refractivity contribution in [3.8, 4) is 0 Å². The maximum Gasteiger partial charge on any atom is 0.244 e. The Morgan fingerprint density at radius 2 is 2.21 bits per heavy atom. The third kappa shape index (κ3) is 2.89. The molecule has 0 aliphatic carbocycles. The molecule has 0 bridgehead atoms. The molecule has 4 N–H and O–H groups in total. The van der Waals surface area contributed by atoms with Crippen LogP contribution in [0.1, 0.15) is 11.3 Å². The van der Waals surface area contributed by atoms with Crippen LogP contribution in [-0.4, -0.2) is 18.6 Å². The zero-order valence-corrected chi connectivity index (χ0v) is 11.7. The minimum absolute atomic E-state index is 0.0939. The number of rotatable bonds is 4. The van der Waals surface area contributed by atoms with Gasteiger partial charge in [0.2, 0.25) is 10.0 Å². The molecule has 0 unspecified atom stereocenters. The van der Waals surface area contributed by atoms with Crippen molar-refractivity contribution in [1.82, 2.24) is 14.9 Å². The molecular weight excluding hydrogens is 288 g/mol. The monoisotopic (exact) mass is 300 g/mol. The lowest BCUT2D eigenvalue weighted by Gasteiger charge is -2.10. The fourth-order valence-corrected chi connectivity index (χ4v) is 3.29. The van der Waals surface area contributed by atoms with Crippen molar-refractivity contribution in [3.05, 3.63) is 40.7 Å². The Bertz CT molecular complexity index is 676. The van der Waals surface area contributed by atoms with Gasteiger partial charge in [-0.25, -0.2) is 13.1 Å². The summed E-state index contributed by atoms with van der Waals surface area (Å²) in [5.74, 6) is 0. The fourth-order valence-electron chi connectivity index (χ4n) is 1.61. The molecule has 6 nitrogen and oxygen atoms in total. The molecule has 2 aromatic rings. The van der Waals surface area contributed by atoms with Crippen LogP contribution >= 0.6 is 11.6 Å². The van der Waals surface area contributed by atoms with Gasteiger partial charge in [-0.3, -0.25) is 5.10 Å². The second-order valence-electron chi connectivity index (χ2n) is 4.00. The summed E-state index contributed by atoms with van der Waals surface area (Å²) in [6.45, 7) is 1.93. The number of nitrogens with zero attached hydrogens (tertiary/aromatic N) is 1. The van der Waals surface area contributed by atoms with Gasteiger partial charge in [0.25, 0.3) is 0 Å². The maximum absolute atomic E-state index is 12.2. The number of aromatic nitrogens is 2. The summed E-state index contributed by atoms with van der Waals surface area (Å²) in [5, 5.41) is 6.65. The van der Waals surface area contributed by atoms with Gasteiger partial charge in [0, 0.05) is 17.8 Å². The normalized spacial score (nSPS) is 11.7. The number of halogens is 1. The summed E-state index contributed by atoms with van der Waals surface area (Å²) in [6, 6.07) is 4.57. The molecule has 0 amide bonds. The van der Waals surface area contributed by atoms with E-state index in [-0.39, 0.29) is 22.2 Å². The molecule has 1 heterocycles. The maximum atomic E-state index is 12.2. The van der Waals surface area contributed by atoms with E-state index >= 15 is 0 Å². The summed E-state index contributed by atoms with van der Waals surface area (Å²) in [4.78, 5) is -0.0992. The Kier molecular flexibility index (Phi) is 3.79. The SMILES string of the molecule is Cc1[nH]ncc1CNS(=O)(=O)c1c(N)cccc1Cl. The highest BCUT2D eigenvalue weighted by Gasteiger charge is 2.21. The molecule has 102 valence electrons. The van der Waals surface area contributed by atoms with Crippen molar-refractivity contribution in [2.45, 2.75) is 18.4 Å². The summed E-state index contributed by atoms with van der Waals surface area (Å²) in [7, 11) is -3.76. The molecule has 8 heteroatoms. The van der Waals surface area contributed by atoms with Gasteiger partial charge in [0.1, 0.15) is 4.90 Å². The number of benzene rings is 1. The van der Waals surface area contributed by atoms with Crippen molar-refractivity contribution in [2.24, 2.45) is 0 Å². The van der Waals surface area contributed by atoms with Gasteiger partial charge in [-0.1, -0.05) is 17.7 Å². The third-order valence-corrected chi connectivity index (χ3v) is 4.60. The first-order chi connectivity index (χ1) is 8.92. The van der Waals surface area contributed by atoms with E-state index in [4.69, 9.17) is 17.3 Å². The molecule has 0 spiro atoms. The van der Waals surface area contributed by atoms with Gasteiger partial charge in [0.05, 0.1) is 16.9 Å². The Hall–Kier alpha value is -1.57. The molecule has 1 aromatic heterocycles. The lowest BCUT2D eigenvalue weighted by Crippen LogP contribution is -2.24. The van der Waals surface area contributed by atoms with Crippen molar-refractivity contribution in [3.63, 3.8) is 0 Å². The lowest BCUT2D eigenvalue weighted by molar-refractivity contribution is 0.581. The summed E-state index contributed by atoms with van der Waals surface area (Å²) >= 11 is 5.89. The molecule has 0 saturated carbocycles. The van der Waals surface area contributed by atoms with Crippen LogP contribution in [0.15, 0.2) is 29.3 Å². The van der Waals surface area contributed by atoms with E-state index in [2.05, 4.69) is 14.9 Å². The number of hydrogen-bond acceptors (Lipinski definition) is 4. The van der Waals surface area contributed by atoms with Crippen molar-refractivity contribution >= 4 is 27.3 Å². The molecule has 0 aliphatic heterocycles. The number of nitrogens with one attached hydrogen (secondary N) is 2. The second kappa shape index (κ2) is 5.20. The molecular formula is C11H13ClN4O2S. The van der Waals surface area contributed by atoms with Crippen LogP contribution in [-0.2, 0) is 16.6 Å². The predicted molar refractivity (Wildman–Crippen MR) is 73.2 cm³/mol.